The van der Waals surface area contributed by atoms with E-state index in [9.17, 15) is 19.6 Å². The predicted molar refractivity (Wildman–Crippen MR) is 115 cm³/mol. The molecule has 0 aromatic heterocycles. The minimum absolute atomic E-state index is 0.0602. The second-order valence-corrected chi connectivity index (χ2v) is 8.72. The number of carbonyl (C=O) groups is 3. The zero-order valence-corrected chi connectivity index (χ0v) is 18.0. The van der Waals surface area contributed by atoms with Crippen molar-refractivity contribution < 1.29 is 19.1 Å². The minimum Gasteiger partial charge on any atom is -0.449 e. The van der Waals surface area contributed by atoms with Crippen molar-refractivity contribution in [3.63, 3.8) is 0 Å². The molecule has 2 heterocycles. The molecule has 1 saturated heterocycles. The van der Waals surface area contributed by atoms with Gasteiger partial charge in [0.25, 0.3) is 5.91 Å². The zero-order valence-electron chi connectivity index (χ0n) is 18.0. The predicted octanol–water partition coefficient (Wildman–Crippen LogP) is 2.84. The molecule has 164 valence electrons. The van der Waals surface area contributed by atoms with Crippen LogP contribution in [0.4, 0.5) is 11.4 Å². The first-order chi connectivity index (χ1) is 14.9. The fraction of sp³-hybridized carbons (Fsp3) is 0.565. The highest BCUT2D eigenvalue weighted by atomic mass is 16.5. The Hall–Kier alpha value is -3.08. The third-order valence-electron chi connectivity index (χ3n) is 6.85. The fourth-order valence-corrected chi connectivity index (χ4v) is 4.98. The van der Waals surface area contributed by atoms with Crippen LogP contribution in [0.2, 0.25) is 0 Å². The summed E-state index contributed by atoms with van der Waals surface area (Å²) in [6.45, 7) is 2.34. The van der Waals surface area contributed by atoms with Gasteiger partial charge in [-0.25, -0.2) is 4.79 Å². The van der Waals surface area contributed by atoms with Gasteiger partial charge in [0.15, 0.2) is 6.10 Å². The molecule has 1 aromatic rings. The van der Waals surface area contributed by atoms with Crippen LogP contribution in [0.3, 0.4) is 0 Å². The maximum Gasteiger partial charge on any atom is 0.338 e. The van der Waals surface area contributed by atoms with Gasteiger partial charge >= 0.3 is 5.97 Å². The van der Waals surface area contributed by atoms with Crippen molar-refractivity contribution in [1.29, 1.82) is 5.26 Å². The average Bonchev–Trinajstić information content (AvgIpc) is 3.29. The normalized spacial score (nSPS) is 22.4. The van der Waals surface area contributed by atoms with E-state index in [0.29, 0.717) is 18.5 Å². The van der Waals surface area contributed by atoms with Crippen LogP contribution in [0.5, 0.6) is 0 Å². The summed E-state index contributed by atoms with van der Waals surface area (Å²) >= 11 is 0. The monoisotopic (exact) mass is 424 g/mol. The van der Waals surface area contributed by atoms with Crippen LogP contribution in [0.15, 0.2) is 18.2 Å². The SMILES string of the molecule is C[C@@H](OC(=O)c1ccc2c(c1)NC(=O)[C@H]1CCCN21)C(=O)N(C)C1(C#N)CCCCC1. The van der Waals surface area contributed by atoms with E-state index in [1.165, 1.54) is 11.8 Å². The highest BCUT2D eigenvalue weighted by Gasteiger charge is 2.41. The van der Waals surface area contributed by atoms with E-state index in [1.807, 2.05) is 6.07 Å². The second kappa shape index (κ2) is 8.22. The first-order valence-electron chi connectivity index (χ1n) is 11.0. The van der Waals surface area contributed by atoms with Crippen molar-refractivity contribution in [3.05, 3.63) is 23.8 Å². The smallest absolute Gasteiger partial charge is 0.338 e. The lowest BCUT2D eigenvalue weighted by Gasteiger charge is -2.39. The zero-order chi connectivity index (χ0) is 22.2. The Balaban J connectivity index is 1.46. The van der Waals surface area contributed by atoms with Gasteiger partial charge in [-0.2, -0.15) is 5.26 Å². The number of ether oxygens (including phenoxy) is 1. The van der Waals surface area contributed by atoms with Crippen LogP contribution in [0.25, 0.3) is 0 Å². The van der Waals surface area contributed by atoms with E-state index in [0.717, 1.165) is 44.3 Å². The van der Waals surface area contributed by atoms with Crippen LogP contribution < -0.4 is 10.2 Å². The van der Waals surface area contributed by atoms with Crippen LogP contribution >= 0.6 is 0 Å². The van der Waals surface area contributed by atoms with Gasteiger partial charge in [-0.05, 0) is 50.8 Å². The van der Waals surface area contributed by atoms with Crippen molar-refractivity contribution in [2.75, 3.05) is 23.8 Å². The van der Waals surface area contributed by atoms with Gasteiger partial charge in [0.2, 0.25) is 5.91 Å². The molecule has 0 bridgehead atoms. The number of hydrogen-bond donors (Lipinski definition) is 1. The van der Waals surface area contributed by atoms with Gasteiger partial charge < -0.3 is 19.9 Å². The Morgan fingerprint density at radius 1 is 1.29 bits per heavy atom. The quantitative estimate of drug-likeness (QED) is 0.746. The number of fused-ring (bicyclic) bond motifs is 3. The summed E-state index contributed by atoms with van der Waals surface area (Å²) in [6, 6.07) is 7.24. The molecular formula is C23H28N4O4. The van der Waals surface area contributed by atoms with Gasteiger partial charge in [0.1, 0.15) is 11.6 Å². The van der Waals surface area contributed by atoms with Gasteiger partial charge in [-0.1, -0.05) is 19.3 Å². The van der Waals surface area contributed by atoms with Crippen LogP contribution in [0, 0.1) is 11.3 Å². The molecule has 8 nitrogen and oxygen atoms in total. The number of benzene rings is 1. The molecule has 1 aliphatic carbocycles. The summed E-state index contributed by atoms with van der Waals surface area (Å²) in [7, 11) is 1.61. The topological polar surface area (TPSA) is 103 Å². The number of esters is 1. The maximum absolute atomic E-state index is 12.9. The molecule has 1 N–H and O–H groups in total. The van der Waals surface area contributed by atoms with Crippen molar-refractivity contribution in [2.24, 2.45) is 0 Å². The summed E-state index contributed by atoms with van der Waals surface area (Å²) < 4.78 is 5.44. The number of anilines is 2. The first-order valence-corrected chi connectivity index (χ1v) is 11.0. The molecule has 2 atom stereocenters. The molecule has 1 saturated carbocycles. The standard InChI is InChI=1S/C23H28N4O4/c1-15(21(29)26(2)23(14-24)10-4-3-5-11-23)31-22(30)16-8-9-18-17(13-16)25-20(28)19-7-6-12-27(18)19/h8-9,13,15,19H,3-7,10-12H2,1-2H3,(H,25,28)/t15-,19-/m1/s1. The number of carbonyl (C=O) groups excluding carboxylic acids is 3. The van der Waals surface area contributed by atoms with Crippen LogP contribution in [-0.4, -0.2) is 54.0 Å². The third kappa shape index (κ3) is 3.73. The summed E-state index contributed by atoms with van der Waals surface area (Å²) in [5.41, 5.74) is 0.917. The molecule has 4 rings (SSSR count). The Kier molecular flexibility index (Phi) is 5.61. The molecule has 0 unspecified atom stereocenters. The number of amides is 2. The lowest BCUT2D eigenvalue weighted by Crippen LogP contribution is -2.53. The summed E-state index contributed by atoms with van der Waals surface area (Å²) in [5, 5.41) is 12.6. The number of nitrogens with zero attached hydrogens (tertiary/aromatic N) is 3. The van der Waals surface area contributed by atoms with E-state index in [4.69, 9.17) is 4.74 Å². The van der Waals surface area contributed by atoms with Gasteiger partial charge in [0, 0.05) is 13.6 Å². The van der Waals surface area contributed by atoms with Crippen molar-refractivity contribution in [2.45, 2.75) is 69.6 Å². The number of nitriles is 1. The van der Waals surface area contributed by atoms with Gasteiger partial charge in [-0.3, -0.25) is 9.59 Å². The van der Waals surface area contributed by atoms with Crippen molar-refractivity contribution in [3.8, 4) is 6.07 Å². The van der Waals surface area contributed by atoms with Gasteiger partial charge in [0.05, 0.1) is 23.0 Å². The molecular weight excluding hydrogens is 396 g/mol. The van der Waals surface area contributed by atoms with Crippen LogP contribution in [0.1, 0.15) is 62.2 Å². The number of hydrogen-bond acceptors (Lipinski definition) is 6. The molecule has 2 amide bonds. The van der Waals surface area contributed by atoms with E-state index in [-0.39, 0.29) is 23.4 Å². The van der Waals surface area contributed by atoms with E-state index in [2.05, 4.69) is 16.3 Å². The molecule has 8 heteroatoms. The minimum atomic E-state index is -1.02. The Morgan fingerprint density at radius 3 is 2.74 bits per heavy atom. The maximum atomic E-state index is 12.9. The molecule has 1 aromatic carbocycles. The Bertz CT molecular complexity index is 947. The third-order valence-corrected chi connectivity index (χ3v) is 6.85. The molecule has 3 aliphatic rings. The first kappa shape index (κ1) is 21.2. The van der Waals surface area contributed by atoms with E-state index < -0.39 is 17.6 Å². The van der Waals surface area contributed by atoms with E-state index >= 15 is 0 Å². The number of nitrogens with one attached hydrogen (secondary N) is 1. The molecule has 31 heavy (non-hydrogen) atoms. The second-order valence-electron chi connectivity index (χ2n) is 8.72. The molecule has 2 fully saturated rings. The molecule has 2 aliphatic heterocycles. The summed E-state index contributed by atoms with van der Waals surface area (Å²) in [5.74, 6) is -1.08. The Morgan fingerprint density at radius 2 is 2.03 bits per heavy atom. The molecule has 0 spiro atoms. The lowest BCUT2D eigenvalue weighted by atomic mass is 9.81. The lowest BCUT2D eigenvalue weighted by molar-refractivity contribution is -0.143. The average molecular weight is 425 g/mol. The highest BCUT2D eigenvalue weighted by Crippen LogP contribution is 2.37. The van der Waals surface area contributed by atoms with E-state index in [1.54, 1.807) is 19.2 Å². The summed E-state index contributed by atoms with van der Waals surface area (Å²) in [6.07, 6.45) is 4.89. The number of rotatable bonds is 4. The largest absolute Gasteiger partial charge is 0.449 e. The van der Waals surface area contributed by atoms with Crippen molar-refractivity contribution in [1.82, 2.24) is 4.90 Å². The fourth-order valence-electron chi connectivity index (χ4n) is 4.98. The highest BCUT2D eigenvalue weighted by molar-refractivity contribution is 6.05. The molecule has 0 radical (unpaired) electrons. The summed E-state index contributed by atoms with van der Waals surface area (Å²) in [4.78, 5) is 41.5. The Labute approximate surface area is 182 Å². The van der Waals surface area contributed by atoms with Crippen molar-refractivity contribution >= 4 is 29.2 Å². The van der Waals surface area contributed by atoms with Gasteiger partial charge in [-0.15, -0.1) is 0 Å². The van der Waals surface area contributed by atoms with Crippen LogP contribution in [-0.2, 0) is 14.3 Å². The number of likely N-dealkylation sites (N-methyl/N-ethyl adjacent to an activating group) is 1.